The minimum atomic E-state index is -0.309. The summed E-state index contributed by atoms with van der Waals surface area (Å²) in [5.74, 6) is 0.449. The molecule has 4 nitrogen and oxygen atoms in total. The lowest BCUT2D eigenvalue weighted by atomic mass is 9.85. The Hall–Kier alpha value is -3.44. The van der Waals surface area contributed by atoms with Gasteiger partial charge < -0.3 is 14.5 Å². The van der Waals surface area contributed by atoms with Gasteiger partial charge in [0.1, 0.15) is 18.2 Å². The van der Waals surface area contributed by atoms with Crippen LogP contribution in [0.2, 0.25) is 0 Å². The summed E-state index contributed by atoms with van der Waals surface area (Å²) in [6.45, 7) is 1.66. The molecule has 3 aromatic carbocycles. The minimum Gasteiger partial charge on any atom is -0.488 e. The van der Waals surface area contributed by atoms with Crippen LogP contribution in [0.25, 0.3) is 22.0 Å². The van der Waals surface area contributed by atoms with E-state index in [9.17, 15) is 9.18 Å². The van der Waals surface area contributed by atoms with Crippen molar-refractivity contribution in [2.24, 2.45) is 0 Å². The van der Waals surface area contributed by atoms with Gasteiger partial charge in [0.25, 0.3) is 5.56 Å². The lowest BCUT2D eigenvalue weighted by Crippen LogP contribution is -2.23. The predicted octanol–water partition coefficient (Wildman–Crippen LogP) is 5.81. The number of aromatic nitrogens is 1. The zero-order chi connectivity index (χ0) is 21.9. The maximum atomic E-state index is 13.7. The summed E-state index contributed by atoms with van der Waals surface area (Å²) < 4.78 is 25.5. The van der Waals surface area contributed by atoms with E-state index in [0.29, 0.717) is 31.1 Å². The molecule has 0 amide bonds. The molecule has 1 aliphatic rings. The molecule has 2 heterocycles. The summed E-state index contributed by atoms with van der Waals surface area (Å²) in [7, 11) is 0. The van der Waals surface area contributed by atoms with E-state index < -0.39 is 0 Å². The summed E-state index contributed by atoms with van der Waals surface area (Å²) in [6.07, 6.45) is 1.55. The van der Waals surface area contributed by atoms with Gasteiger partial charge in [-0.25, -0.2) is 4.39 Å². The third kappa shape index (κ3) is 4.04. The maximum absolute atomic E-state index is 13.7. The van der Waals surface area contributed by atoms with Gasteiger partial charge in [0.15, 0.2) is 0 Å². The first-order valence-electron chi connectivity index (χ1n) is 10.9. The molecule has 162 valence electrons. The number of benzene rings is 3. The third-order valence-electron chi connectivity index (χ3n) is 6.04. The van der Waals surface area contributed by atoms with E-state index >= 15 is 0 Å². The van der Waals surface area contributed by atoms with Crippen LogP contribution in [-0.4, -0.2) is 18.2 Å². The molecule has 0 spiro atoms. The number of H-pyrrole nitrogens is 1. The normalized spacial score (nSPS) is 14.5. The summed E-state index contributed by atoms with van der Waals surface area (Å²) >= 11 is 0. The quantitative estimate of drug-likeness (QED) is 0.436. The van der Waals surface area contributed by atoms with Gasteiger partial charge in [0.2, 0.25) is 0 Å². The molecule has 4 aromatic rings. The van der Waals surface area contributed by atoms with E-state index in [1.807, 2.05) is 48.5 Å². The van der Waals surface area contributed by atoms with Gasteiger partial charge >= 0.3 is 0 Å². The van der Waals surface area contributed by atoms with Crippen LogP contribution in [0.5, 0.6) is 5.75 Å². The number of hydrogen-bond acceptors (Lipinski definition) is 3. The van der Waals surface area contributed by atoms with Crippen molar-refractivity contribution >= 4 is 10.9 Å². The molecule has 1 aromatic heterocycles. The molecule has 1 fully saturated rings. The average molecular weight is 429 g/mol. The minimum absolute atomic E-state index is 0.0686. The number of nitrogens with one attached hydrogen (secondary N) is 1. The van der Waals surface area contributed by atoms with Crippen LogP contribution in [0.3, 0.4) is 0 Å². The van der Waals surface area contributed by atoms with Crippen molar-refractivity contribution in [3.05, 3.63) is 100 Å². The highest BCUT2D eigenvalue weighted by atomic mass is 19.1. The number of fused-ring (bicyclic) bond motifs is 1. The van der Waals surface area contributed by atoms with Crippen molar-refractivity contribution in [1.29, 1.82) is 0 Å². The Morgan fingerprint density at radius 3 is 2.44 bits per heavy atom. The molecule has 0 atom stereocenters. The molecule has 1 aliphatic heterocycles. The Balaban J connectivity index is 1.71. The van der Waals surface area contributed by atoms with Crippen LogP contribution in [0.15, 0.2) is 77.6 Å². The average Bonchev–Trinajstić information content (AvgIpc) is 2.83. The summed E-state index contributed by atoms with van der Waals surface area (Å²) in [5, 5.41) is 0.844. The van der Waals surface area contributed by atoms with Crippen molar-refractivity contribution in [2.75, 3.05) is 13.2 Å². The van der Waals surface area contributed by atoms with E-state index in [2.05, 4.69) is 4.98 Å². The monoisotopic (exact) mass is 429 g/mol. The smallest absolute Gasteiger partial charge is 0.252 e. The van der Waals surface area contributed by atoms with E-state index in [-0.39, 0.29) is 17.3 Å². The molecular weight excluding hydrogens is 405 g/mol. The fourth-order valence-corrected chi connectivity index (χ4v) is 4.48. The van der Waals surface area contributed by atoms with Crippen molar-refractivity contribution < 1.29 is 13.9 Å². The fourth-order valence-electron chi connectivity index (χ4n) is 4.48. The van der Waals surface area contributed by atoms with Crippen LogP contribution in [0.4, 0.5) is 4.39 Å². The molecule has 32 heavy (non-hydrogen) atoms. The van der Waals surface area contributed by atoms with Crippen LogP contribution in [0, 0.1) is 5.82 Å². The number of hydrogen-bond donors (Lipinski definition) is 1. The van der Waals surface area contributed by atoms with E-state index in [0.717, 1.165) is 40.5 Å². The summed E-state index contributed by atoms with van der Waals surface area (Å²) in [6, 6.07) is 22.0. The Bertz CT molecular complexity index is 1280. The summed E-state index contributed by atoms with van der Waals surface area (Å²) in [5.41, 5.74) is 4.00. The highest BCUT2D eigenvalue weighted by Crippen LogP contribution is 2.40. The largest absolute Gasteiger partial charge is 0.488 e. The van der Waals surface area contributed by atoms with Crippen molar-refractivity contribution in [1.82, 2.24) is 4.98 Å². The van der Waals surface area contributed by atoms with Gasteiger partial charge in [-0.15, -0.1) is 0 Å². The molecular formula is C27H24FNO3. The number of pyridine rings is 1. The number of rotatable bonds is 5. The molecule has 1 N–H and O–H groups in total. The van der Waals surface area contributed by atoms with Gasteiger partial charge in [0.05, 0.1) is 5.52 Å². The lowest BCUT2D eigenvalue weighted by molar-refractivity contribution is 0.0852. The highest BCUT2D eigenvalue weighted by Gasteiger charge is 2.26. The highest BCUT2D eigenvalue weighted by molar-refractivity contribution is 6.00. The predicted molar refractivity (Wildman–Crippen MR) is 124 cm³/mol. The molecule has 0 bridgehead atoms. The van der Waals surface area contributed by atoms with Gasteiger partial charge in [-0.1, -0.05) is 48.5 Å². The zero-order valence-electron chi connectivity index (χ0n) is 17.6. The van der Waals surface area contributed by atoms with Crippen molar-refractivity contribution in [3.8, 4) is 16.9 Å². The van der Waals surface area contributed by atoms with E-state index in [4.69, 9.17) is 9.47 Å². The molecule has 1 saturated heterocycles. The van der Waals surface area contributed by atoms with E-state index in [1.54, 1.807) is 12.1 Å². The van der Waals surface area contributed by atoms with Crippen LogP contribution in [0.1, 0.15) is 29.9 Å². The molecule has 0 saturated carbocycles. The van der Waals surface area contributed by atoms with Gasteiger partial charge in [-0.2, -0.15) is 0 Å². The zero-order valence-corrected chi connectivity index (χ0v) is 17.6. The molecule has 5 rings (SSSR count). The third-order valence-corrected chi connectivity index (χ3v) is 6.04. The maximum Gasteiger partial charge on any atom is 0.252 e. The molecule has 0 unspecified atom stereocenters. The first-order chi connectivity index (χ1) is 15.7. The lowest BCUT2D eigenvalue weighted by Gasteiger charge is -2.25. The first kappa shape index (κ1) is 20.5. The van der Waals surface area contributed by atoms with Gasteiger partial charge in [0, 0.05) is 29.7 Å². The van der Waals surface area contributed by atoms with Crippen molar-refractivity contribution in [2.45, 2.75) is 25.4 Å². The Morgan fingerprint density at radius 1 is 0.938 bits per heavy atom. The van der Waals surface area contributed by atoms with Gasteiger partial charge in [-0.3, -0.25) is 4.79 Å². The van der Waals surface area contributed by atoms with Gasteiger partial charge in [-0.05, 0) is 54.2 Å². The SMILES string of the molecule is O=c1[nH]c2cccc(OCc3ccccc3)c2c(-c2ccc(F)cc2)c1C1CCOCC1. The van der Waals surface area contributed by atoms with E-state index in [1.165, 1.54) is 12.1 Å². The number of halogens is 1. The number of ether oxygens (including phenoxy) is 2. The Labute approximate surface area is 185 Å². The van der Waals surface area contributed by atoms with Crippen LogP contribution >= 0.6 is 0 Å². The standard InChI is InChI=1S/C27H24FNO3/c28-21-11-9-19(10-12-21)24-25(20-13-15-31-16-14-20)27(30)29-22-7-4-8-23(26(22)24)32-17-18-5-2-1-3-6-18/h1-12,20H,13-17H2,(H,29,30). The second-order valence-electron chi connectivity index (χ2n) is 8.09. The second kappa shape index (κ2) is 8.97. The Morgan fingerprint density at radius 2 is 1.69 bits per heavy atom. The fraction of sp³-hybridized carbons (Fsp3) is 0.222. The second-order valence-corrected chi connectivity index (χ2v) is 8.09. The topological polar surface area (TPSA) is 51.3 Å². The Kier molecular flexibility index (Phi) is 5.73. The molecule has 0 aliphatic carbocycles. The van der Waals surface area contributed by atoms with Crippen LogP contribution < -0.4 is 10.3 Å². The molecule has 0 radical (unpaired) electrons. The van der Waals surface area contributed by atoms with Crippen molar-refractivity contribution in [3.63, 3.8) is 0 Å². The summed E-state index contributed by atoms with van der Waals surface area (Å²) in [4.78, 5) is 16.3. The number of aromatic amines is 1. The molecule has 5 heteroatoms. The van der Waals surface area contributed by atoms with Crippen LogP contribution in [-0.2, 0) is 11.3 Å². The first-order valence-corrected chi connectivity index (χ1v) is 10.9.